The molecule has 40 heavy (non-hydrogen) atoms. The molecule has 0 aliphatic carbocycles. The monoisotopic (exact) mass is 555 g/mol. The van der Waals surface area contributed by atoms with Crippen LogP contribution in [0.3, 0.4) is 0 Å². The predicted octanol–water partition coefficient (Wildman–Crippen LogP) is 6.39. The number of pyridine rings is 1. The Morgan fingerprint density at radius 2 is 1.80 bits per heavy atom. The van der Waals surface area contributed by atoms with Crippen molar-refractivity contribution < 1.29 is 18.5 Å². The number of anilines is 1. The minimum absolute atomic E-state index is 0.137. The molecule has 0 aliphatic heterocycles. The van der Waals surface area contributed by atoms with Crippen LogP contribution in [0.2, 0.25) is 0 Å². The molecule has 0 spiro atoms. The van der Waals surface area contributed by atoms with E-state index in [1.54, 1.807) is 66.6 Å². The third-order valence-electron chi connectivity index (χ3n) is 6.45. The molecule has 5 rings (SSSR count). The van der Waals surface area contributed by atoms with Crippen molar-refractivity contribution in [2.75, 3.05) is 5.32 Å². The lowest BCUT2D eigenvalue weighted by molar-refractivity contribution is -0.115. The number of nitrogens with one attached hydrogen (secondary N) is 1. The normalized spacial score (nSPS) is 11.9. The first kappa shape index (κ1) is 27.2. The number of nitrogens with zero attached hydrogens (tertiary/aromatic N) is 3. The lowest BCUT2D eigenvalue weighted by atomic mass is 10.1. The van der Waals surface area contributed by atoms with Crippen LogP contribution in [0, 0.1) is 12.7 Å². The SMILES string of the molecule is Cc1c(Oc2ccnc3ccc([P+](=O)c4ccccc4)cc23)ccc(CC(=O)Nc2cnn(C(C)(C)C)c2)c1F. The summed E-state index contributed by atoms with van der Waals surface area (Å²) in [7, 11) is -1.80. The van der Waals surface area contributed by atoms with E-state index in [9.17, 15) is 9.36 Å². The summed E-state index contributed by atoms with van der Waals surface area (Å²) in [4.78, 5) is 17.0. The summed E-state index contributed by atoms with van der Waals surface area (Å²) in [6.45, 7) is 7.63. The zero-order chi connectivity index (χ0) is 28.4. The number of amides is 1. The van der Waals surface area contributed by atoms with Crippen LogP contribution in [-0.2, 0) is 21.3 Å². The molecule has 0 saturated carbocycles. The van der Waals surface area contributed by atoms with Gasteiger partial charge in [0, 0.05) is 29.4 Å². The third-order valence-corrected chi connectivity index (χ3v) is 7.97. The maximum atomic E-state index is 15.4. The fourth-order valence-electron chi connectivity index (χ4n) is 4.26. The van der Waals surface area contributed by atoms with E-state index in [4.69, 9.17) is 4.74 Å². The van der Waals surface area contributed by atoms with Crippen LogP contribution in [0.25, 0.3) is 10.9 Å². The summed E-state index contributed by atoms with van der Waals surface area (Å²) in [6, 6.07) is 19.5. The summed E-state index contributed by atoms with van der Waals surface area (Å²) < 4.78 is 36.4. The molecule has 0 bridgehead atoms. The quantitative estimate of drug-likeness (QED) is 0.235. The Balaban J connectivity index is 1.36. The van der Waals surface area contributed by atoms with Crippen molar-refractivity contribution in [1.82, 2.24) is 14.8 Å². The minimum atomic E-state index is -1.80. The van der Waals surface area contributed by atoms with E-state index >= 15 is 4.39 Å². The van der Waals surface area contributed by atoms with Gasteiger partial charge >= 0.3 is 7.80 Å². The number of carbonyl (C=O) groups is 1. The molecule has 2 heterocycles. The van der Waals surface area contributed by atoms with Gasteiger partial charge in [-0.15, -0.1) is 0 Å². The lowest BCUT2D eigenvalue weighted by Crippen LogP contribution is -2.22. The van der Waals surface area contributed by atoms with Gasteiger partial charge in [-0.1, -0.05) is 28.8 Å². The molecule has 0 radical (unpaired) electrons. The topological polar surface area (TPSA) is 86.1 Å². The van der Waals surface area contributed by atoms with Crippen molar-refractivity contribution >= 4 is 40.9 Å². The maximum absolute atomic E-state index is 15.4. The highest BCUT2D eigenvalue weighted by Gasteiger charge is 2.24. The number of halogens is 1. The molecule has 1 amide bonds. The Morgan fingerprint density at radius 1 is 1.02 bits per heavy atom. The van der Waals surface area contributed by atoms with Crippen molar-refractivity contribution in [3.63, 3.8) is 0 Å². The first-order valence-corrected chi connectivity index (χ1v) is 14.1. The lowest BCUT2D eigenvalue weighted by Gasteiger charge is -2.18. The van der Waals surface area contributed by atoms with Crippen LogP contribution in [0.1, 0.15) is 31.9 Å². The van der Waals surface area contributed by atoms with Crippen molar-refractivity contribution in [1.29, 1.82) is 0 Å². The Morgan fingerprint density at radius 3 is 2.52 bits per heavy atom. The first-order valence-electron chi connectivity index (χ1n) is 12.8. The van der Waals surface area contributed by atoms with Gasteiger partial charge in [-0.05, 0) is 69.7 Å². The van der Waals surface area contributed by atoms with E-state index in [1.165, 1.54) is 0 Å². The van der Waals surface area contributed by atoms with E-state index < -0.39 is 13.6 Å². The summed E-state index contributed by atoms with van der Waals surface area (Å²) in [6.07, 6.45) is 4.79. The van der Waals surface area contributed by atoms with Crippen molar-refractivity contribution in [2.24, 2.45) is 0 Å². The summed E-state index contributed by atoms with van der Waals surface area (Å²) in [5.74, 6) is -0.0736. The highest BCUT2D eigenvalue weighted by molar-refractivity contribution is 7.61. The van der Waals surface area contributed by atoms with E-state index in [-0.39, 0.29) is 29.0 Å². The summed E-state index contributed by atoms with van der Waals surface area (Å²) >= 11 is 0. The minimum Gasteiger partial charge on any atom is -0.456 e. The first-order chi connectivity index (χ1) is 19.1. The number of carbonyl (C=O) groups excluding carboxylic acids is 1. The van der Waals surface area contributed by atoms with Gasteiger partial charge in [0.15, 0.2) is 10.6 Å². The van der Waals surface area contributed by atoms with Crippen LogP contribution in [-0.4, -0.2) is 20.7 Å². The van der Waals surface area contributed by atoms with Crippen LogP contribution in [0.15, 0.2) is 85.3 Å². The third kappa shape index (κ3) is 5.77. The standard InChI is InChI=1S/C31H28FN4O3P/c1-20-27(13-10-21(30(20)32)16-29(37)35-22-18-34-36(19-22)31(2,3)4)39-28-14-15-33-26-12-11-24(17-25(26)28)40(38)23-8-6-5-7-9-23/h5-15,17-19H,16H2,1-4H3/p+1. The number of ether oxygens (including phenoxy) is 1. The molecule has 1 N–H and O–H groups in total. The van der Waals surface area contributed by atoms with Gasteiger partial charge in [-0.3, -0.25) is 14.5 Å². The smallest absolute Gasteiger partial charge is 0.415 e. The largest absolute Gasteiger partial charge is 0.456 e. The van der Waals surface area contributed by atoms with E-state index in [0.29, 0.717) is 33.4 Å². The molecule has 1 atom stereocenters. The number of benzene rings is 3. The highest BCUT2D eigenvalue weighted by Crippen LogP contribution is 2.33. The molecule has 2 aromatic heterocycles. The van der Waals surface area contributed by atoms with E-state index in [0.717, 1.165) is 5.30 Å². The van der Waals surface area contributed by atoms with Gasteiger partial charge < -0.3 is 10.1 Å². The molecular formula is C31H29FN4O3P+. The van der Waals surface area contributed by atoms with Crippen LogP contribution >= 0.6 is 7.80 Å². The van der Waals surface area contributed by atoms with E-state index in [1.807, 2.05) is 51.1 Å². The van der Waals surface area contributed by atoms with Crippen LogP contribution < -0.4 is 20.7 Å². The second-order valence-corrected chi connectivity index (χ2v) is 12.1. The van der Waals surface area contributed by atoms with Gasteiger partial charge in [0.2, 0.25) is 5.91 Å². The molecule has 202 valence electrons. The molecule has 1 unspecified atom stereocenters. The molecular weight excluding hydrogens is 526 g/mol. The van der Waals surface area contributed by atoms with Crippen LogP contribution in [0.5, 0.6) is 11.5 Å². The van der Waals surface area contributed by atoms with Gasteiger partial charge in [0.1, 0.15) is 17.3 Å². The highest BCUT2D eigenvalue weighted by atomic mass is 31.1. The van der Waals surface area contributed by atoms with Gasteiger partial charge in [0.25, 0.3) is 0 Å². The zero-order valence-electron chi connectivity index (χ0n) is 22.7. The average molecular weight is 556 g/mol. The Bertz CT molecular complexity index is 1730. The molecule has 0 fully saturated rings. The van der Waals surface area contributed by atoms with Gasteiger partial charge in [-0.2, -0.15) is 5.10 Å². The Labute approximate surface area is 232 Å². The summed E-state index contributed by atoms with van der Waals surface area (Å²) in [5, 5.41) is 9.09. The number of hydrogen-bond acceptors (Lipinski definition) is 5. The number of fused-ring (bicyclic) bond motifs is 1. The van der Waals surface area contributed by atoms with Crippen LogP contribution in [0.4, 0.5) is 10.1 Å². The second kappa shape index (κ2) is 11.0. The van der Waals surface area contributed by atoms with Gasteiger partial charge in [0.05, 0.1) is 29.4 Å². The molecule has 7 nitrogen and oxygen atoms in total. The summed E-state index contributed by atoms with van der Waals surface area (Å²) in [5.41, 5.74) is 1.53. The zero-order valence-corrected chi connectivity index (χ0v) is 23.6. The van der Waals surface area contributed by atoms with E-state index in [2.05, 4.69) is 15.4 Å². The number of hydrogen-bond donors (Lipinski definition) is 1. The molecule has 9 heteroatoms. The molecule has 5 aromatic rings. The second-order valence-electron chi connectivity index (χ2n) is 10.5. The molecule has 0 saturated heterocycles. The maximum Gasteiger partial charge on any atom is 0.415 e. The average Bonchev–Trinajstić information content (AvgIpc) is 3.42. The number of aromatic nitrogens is 3. The van der Waals surface area contributed by atoms with Gasteiger partial charge in [-0.25, -0.2) is 4.39 Å². The predicted molar refractivity (Wildman–Crippen MR) is 156 cm³/mol. The van der Waals surface area contributed by atoms with Crippen molar-refractivity contribution in [3.05, 3.63) is 102 Å². The van der Waals surface area contributed by atoms with Crippen molar-refractivity contribution in [2.45, 2.75) is 39.7 Å². The molecule has 0 aliphatic rings. The Kier molecular flexibility index (Phi) is 7.46. The molecule has 3 aromatic carbocycles. The fourth-order valence-corrected chi connectivity index (χ4v) is 5.46. The van der Waals surface area contributed by atoms with Crippen molar-refractivity contribution in [3.8, 4) is 11.5 Å². The fraction of sp³-hybridized carbons (Fsp3) is 0.194. The Hall–Kier alpha value is -4.42. The number of rotatable bonds is 7.